The van der Waals surface area contributed by atoms with Gasteiger partial charge in [-0.2, -0.15) is 0 Å². The second-order valence-corrected chi connectivity index (χ2v) is 9.07. The zero-order chi connectivity index (χ0) is 23.4. The molecular formula is C24H30N4O5. The number of anilines is 1. The van der Waals surface area contributed by atoms with Crippen molar-refractivity contribution in [1.29, 1.82) is 0 Å². The van der Waals surface area contributed by atoms with Gasteiger partial charge in [-0.3, -0.25) is 9.36 Å². The van der Waals surface area contributed by atoms with Crippen LogP contribution in [0.2, 0.25) is 0 Å². The minimum atomic E-state index is -0.546. The fourth-order valence-corrected chi connectivity index (χ4v) is 4.01. The van der Waals surface area contributed by atoms with Crippen molar-refractivity contribution < 1.29 is 19.0 Å². The second kappa shape index (κ2) is 9.56. The van der Waals surface area contributed by atoms with Crippen LogP contribution in [-0.4, -0.2) is 52.3 Å². The summed E-state index contributed by atoms with van der Waals surface area (Å²) in [5.74, 6) is 0.888. The SMILES string of the molecule is CC(C)(C)OC(=O)N1CCN(c2nccn(C(C3=CC=CCC3)C3=COC=CO3)c2=O)CC1. The van der Waals surface area contributed by atoms with E-state index in [1.54, 1.807) is 21.9 Å². The summed E-state index contributed by atoms with van der Waals surface area (Å²) in [5, 5.41) is 0. The topological polar surface area (TPSA) is 86.1 Å². The molecule has 3 heterocycles. The second-order valence-electron chi connectivity index (χ2n) is 9.07. The van der Waals surface area contributed by atoms with Crippen LogP contribution < -0.4 is 10.5 Å². The molecule has 2 aliphatic heterocycles. The average Bonchev–Trinajstić information content (AvgIpc) is 2.81. The number of carbonyl (C=O) groups excluding carboxylic acids is 1. The molecule has 3 aliphatic rings. The summed E-state index contributed by atoms with van der Waals surface area (Å²) in [6.07, 6.45) is 15.2. The van der Waals surface area contributed by atoms with Gasteiger partial charge in [0, 0.05) is 38.6 Å². The van der Waals surface area contributed by atoms with Gasteiger partial charge in [-0.25, -0.2) is 9.78 Å². The Morgan fingerprint density at radius 1 is 1.18 bits per heavy atom. The molecule has 1 fully saturated rings. The zero-order valence-corrected chi connectivity index (χ0v) is 19.3. The third kappa shape index (κ3) is 5.30. The van der Waals surface area contributed by atoms with Gasteiger partial charge < -0.3 is 24.0 Å². The van der Waals surface area contributed by atoms with Gasteiger partial charge in [-0.05, 0) is 39.2 Å². The summed E-state index contributed by atoms with van der Waals surface area (Å²) in [5.41, 5.74) is 0.287. The molecule has 0 bridgehead atoms. The van der Waals surface area contributed by atoms with Gasteiger partial charge in [0.15, 0.2) is 11.6 Å². The van der Waals surface area contributed by atoms with Gasteiger partial charge in [0.05, 0.1) is 0 Å². The number of allylic oxidation sites excluding steroid dienone is 4. The van der Waals surface area contributed by atoms with Crippen molar-refractivity contribution in [3.05, 3.63) is 71.1 Å². The quantitative estimate of drug-likeness (QED) is 0.688. The van der Waals surface area contributed by atoms with Gasteiger partial charge in [-0.1, -0.05) is 18.2 Å². The Balaban J connectivity index is 1.56. The lowest BCUT2D eigenvalue weighted by Gasteiger charge is -2.36. The highest BCUT2D eigenvalue weighted by Crippen LogP contribution is 2.32. The zero-order valence-electron chi connectivity index (χ0n) is 19.3. The maximum Gasteiger partial charge on any atom is 0.410 e. The summed E-state index contributed by atoms with van der Waals surface area (Å²) >= 11 is 0. The molecule has 1 aromatic rings. The fraction of sp³-hybridized carbons (Fsp3) is 0.458. The number of rotatable bonds is 4. The molecule has 1 saturated heterocycles. The molecule has 1 atom stereocenters. The number of nitrogens with zero attached hydrogens (tertiary/aromatic N) is 4. The van der Waals surface area contributed by atoms with E-state index in [2.05, 4.69) is 11.1 Å². The van der Waals surface area contributed by atoms with Crippen molar-refractivity contribution in [2.75, 3.05) is 31.1 Å². The van der Waals surface area contributed by atoms with Crippen LogP contribution in [0.5, 0.6) is 0 Å². The lowest BCUT2D eigenvalue weighted by atomic mass is 9.96. The first-order valence-corrected chi connectivity index (χ1v) is 11.2. The highest BCUT2D eigenvalue weighted by atomic mass is 16.6. The van der Waals surface area contributed by atoms with Crippen molar-refractivity contribution in [3.63, 3.8) is 0 Å². The lowest BCUT2D eigenvalue weighted by Crippen LogP contribution is -2.51. The normalized spacial score (nSPS) is 19.2. The van der Waals surface area contributed by atoms with Crippen LogP contribution in [0, 0.1) is 0 Å². The van der Waals surface area contributed by atoms with E-state index in [0.29, 0.717) is 37.8 Å². The number of hydrogen-bond donors (Lipinski definition) is 0. The molecule has 33 heavy (non-hydrogen) atoms. The van der Waals surface area contributed by atoms with Crippen LogP contribution in [0.15, 0.2) is 65.5 Å². The number of hydrogen-bond acceptors (Lipinski definition) is 7. The predicted octanol–water partition coefficient (Wildman–Crippen LogP) is 3.48. The molecule has 4 rings (SSSR count). The van der Waals surface area contributed by atoms with Gasteiger partial charge in [-0.15, -0.1) is 0 Å². The van der Waals surface area contributed by atoms with E-state index >= 15 is 0 Å². The summed E-state index contributed by atoms with van der Waals surface area (Å²) < 4.78 is 18.1. The van der Waals surface area contributed by atoms with Crippen LogP contribution in [-0.2, 0) is 14.2 Å². The van der Waals surface area contributed by atoms with E-state index in [1.807, 2.05) is 37.8 Å². The minimum Gasteiger partial charge on any atom is -0.466 e. The number of piperazine rings is 1. The Hall–Kier alpha value is -3.49. The Morgan fingerprint density at radius 2 is 1.97 bits per heavy atom. The minimum absolute atomic E-state index is 0.220. The van der Waals surface area contributed by atoms with Crippen molar-refractivity contribution in [1.82, 2.24) is 14.5 Å². The Morgan fingerprint density at radius 3 is 2.61 bits per heavy atom. The molecule has 0 spiro atoms. The Kier molecular flexibility index (Phi) is 6.57. The van der Waals surface area contributed by atoms with Crippen molar-refractivity contribution in [2.24, 2.45) is 0 Å². The molecule has 0 aromatic carbocycles. The first-order valence-electron chi connectivity index (χ1n) is 11.2. The largest absolute Gasteiger partial charge is 0.466 e. The number of carbonyl (C=O) groups is 1. The molecule has 176 valence electrons. The molecule has 1 aromatic heterocycles. The maximum absolute atomic E-state index is 13.6. The molecule has 0 N–H and O–H groups in total. The van der Waals surface area contributed by atoms with E-state index in [-0.39, 0.29) is 11.7 Å². The van der Waals surface area contributed by atoms with E-state index in [4.69, 9.17) is 14.2 Å². The van der Waals surface area contributed by atoms with Crippen molar-refractivity contribution in [2.45, 2.75) is 45.3 Å². The molecule has 1 amide bonds. The molecular weight excluding hydrogens is 424 g/mol. The first kappa shape index (κ1) is 22.7. The van der Waals surface area contributed by atoms with Crippen LogP contribution in [0.3, 0.4) is 0 Å². The number of amides is 1. The Labute approximate surface area is 193 Å². The first-order chi connectivity index (χ1) is 15.8. The van der Waals surface area contributed by atoms with Gasteiger partial charge in [0.2, 0.25) is 0 Å². The van der Waals surface area contributed by atoms with E-state index in [9.17, 15) is 9.59 Å². The van der Waals surface area contributed by atoms with E-state index in [1.165, 1.54) is 18.8 Å². The molecule has 9 heteroatoms. The molecule has 0 radical (unpaired) electrons. The average molecular weight is 455 g/mol. The van der Waals surface area contributed by atoms with Gasteiger partial charge in [0.1, 0.15) is 30.4 Å². The fourth-order valence-electron chi connectivity index (χ4n) is 4.01. The third-order valence-corrected chi connectivity index (χ3v) is 5.55. The summed E-state index contributed by atoms with van der Waals surface area (Å²) in [4.78, 5) is 33.9. The Bertz CT molecular complexity index is 1060. The van der Waals surface area contributed by atoms with Crippen molar-refractivity contribution >= 4 is 11.9 Å². The van der Waals surface area contributed by atoms with Crippen LogP contribution in [0.1, 0.15) is 39.7 Å². The molecule has 1 unspecified atom stereocenters. The smallest absolute Gasteiger partial charge is 0.410 e. The predicted molar refractivity (Wildman–Crippen MR) is 123 cm³/mol. The standard InChI is InChI=1S/C24H30N4O5/c1-24(2,3)33-23(30)27-13-11-26(12-14-27)21-22(29)28(10-9-25-21)20(18-7-5-4-6-8-18)19-17-31-15-16-32-19/h4-5,7,9-10,15-17,20H,6,8,11-14H2,1-3H3. The number of ether oxygens (including phenoxy) is 3. The monoisotopic (exact) mass is 454 g/mol. The van der Waals surface area contributed by atoms with Crippen LogP contribution >= 0.6 is 0 Å². The summed E-state index contributed by atoms with van der Waals surface area (Å²) in [7, 11) is 0. The molecule has 0 saturated carbocycles. The maximum atomic E-state index is 13.6. The highest BCUT2D eigenvalue weighted by Gasteiger charge is 2.30. The van der Waals surface area contributed by atoms with Crippen molar-refractivity contribution in [3.8, 4) is 0 Å². The summed E-state index contributed by atoms with van der Waals surface area (Å²) in [6.45, 7) is 7.43. The van der Waals surface area contributed by atoms with Crippen LogP contribution in [0.4, 0.5) is 10.6 Å². The number of aromatic nitrogens is 2. The lowest BCUT2D eigenvalue weighted by molar-refractivity contribution is 0.0240. The molecule has 9 nitrogen and oxygen atoms in total. The molecule has 1 aliphatic carbocycles. The van der Waals surface area contributed by atoms with Gasteiger partial charge >= 0.3 is 6.09 Å². The van der Waals surface area contributed by atoms with E-state index < -0.39 is 11.6 Å². The van der Waals surface area contributed by atoms with Crippen LogP contribution in [0.25, 0.3) is 0 Å². The summed E-state index contributed by atoms with van der Waals surface area (Å²) in [6, 6.07) is -0.433. The van der Waals surface area contributed by atoms with Gasteiger partial charge in [0.25, 0.3) is 5.56 Å². The third-order valence-electron chi connectivity index (χ3n) is 5.55. The van der Waals surface area contributed by atoms with E-state index in [0.717, 1.165) is 18.4 Å². The highest BCUT2D eigenvalue weighted by molar-refractivity contribution is 5.68.